The van der Waals surface area contributed by atoms with Crippen molar-refractivity contribution in [2.24, 2.45) is 17.6 Å². The van der Waals surface area contributed by atoms with E-state index in [9.17, 15) is 0 Å². The van der Waals surface area contributed by atoms with Gasteiger partial charge in [-0.3, -0.25) is 0 Å². The fraction of sp³-hybridized carbons (Fsp3) is 1.00. The molecule has 0 spiro atoms. The Bertz CT molecular complexity index is 176. The molecule has 102 valence electrons. The van der Waals surface area contributed by atoms with Crippen molar-refractivity contribution in [3.05, 3.63) is 0 Å². The van der Waals surface area contributed by atoms with E-state index in [-0.39, 0.29) is 6.04 Å². The summed E-state index contributed by atoms with van der Waals surface area (Å²) >= 11 is 0. The lowest BCUT2D eigenvalue weighted by Crippen LogP contribution is -2.37. The Kier molecular flexibility index (Phi) is 7.87. The molecular formula is C15H31NO. The largest absolute Gasteiger partial charge is 0.380 e. The molecule has 0 amide bonds. The highest BCUT2D eigenvalue weighted by atomic mass is 16.5. The Hall–Kier alpha value is -0.0800. The predicted octanol–water partition coefficient (Wildman–Crippen LogP) is 3.74. The number of hydrogen-bond acceptors (Lipinski definition) is 2. The Balaban J connectivity index is 2.12. The van der Waals surface area contributed by atoms with E-state index in [2.05, 4.69) is 13.8 Å². The van der Waals surface area contributed by atoms with Crippen molar-refractivity contribution in [1.82, 2.24) is 0 Å². The number of hydrogen-bond donors (Lipinski definition) is 1. The third kappa shape index (κ3) is 5.87. The monoisotopic (exact) mass is 241 g/mol. The van der Waals surface area contributed by atoms with E-state index in [4.69, 9.17) is 10.5 Å². The SMILES string of the molecule is CCCCC1CCC(C(N)COCCC)CC1. The summed E-state index contributed by atoms with van der Waals surface area (Å²) in [5.74, 6) is 1.69. The lowest BCUT2D eigenvalue weighted by atomic mass is 9.77. The first kappa shape index (κ1) is 15.0. The minimum Gasteiger partial charge on any atom is -0.380 e. The van der Waals surface area contributed by atoms with Crippen molar-refractivity contribution >= 4 is 0 Å². The van der Waals surface area contributed by atoms with Crippen LogP contribution in [0.3, 0.4) is 0 Å². The smallest absolute Gasteiger partial charge is 0.0620 e. The van der Waals surface area contributed by atoms with Gasteiger partial charge in [0.15, 0.2) is 0 Å². The van der Waals surface area contributed by atoms with Crippen molar-refractivity contribution in [3.8, 4) is 0 Å². The van der Waals surface area contributed by atoms with Crippen LogP contribution in [0.25, 0.3) is 0 Å². The third-order valence-electron chi connectivity index (χ3n) is 4.12. The van der Waals surface area contributed by atoms with Crippen LogP contribution in [0.15, 0.2) is 0 Å². The van der Waals surface area contributed by atoms with Gasteiger partial charge in [-0.2, -0.15) is 0 Å². The summed E-state index contributed by atoms with van der Waals surface area (Å²) in [5, 5.41) is 0. The maximum absolute atomic E-state index is 6.21. The molecular weight excluding hydrogens is 210 g/mol. The summed E-state index contributed by atoms with van der Waals surface area (Å²) in [5.41, 5.74) is 6.21. The average Bonchev–Trinajstić information content (AvgIpc) is 2.37. The van der Waals surface area contributed by atoms with Gasteiger partial charge >= 0.3 is 0 Å². The van der Waals surface area contributed by atoms with Gasteiger partial charge in [-0.25, -0.2) is 0 Å². The zero-order valence-electron chi connectivity index (χ0n) is 11.8. The Labute approximate surface area is 107 Å². The van der Waals surface area contributed by atoms with E-state index < -0.39 is 0 Å². The summed E-state index contributed by atoms with van der Waals surface area (Å²) in [6.45, 7) is 6.05. The minimum atomic E-state index is 0.272. The Morgan fingerprint density at radius 3 is 2.41 bits per heavy atom. The van der Waals surface area contributed by atoms with Gasteiger partial charge in [0.2, 0.25) is 0 Å². The van der Waals surface area contributed by atoms with E-state index in [0.717, 1.165) is 25.6 Å². The molecule has 1 saturated carbocycles. The Morgan fingerprint density at radius 2 is 1.82 bits per heavy atom. The standard InChI is InChI=1S/C15H31NO/c1-3-5-6-13-7-9-14(10-8-13)15(16)12-17-11-4-2/h13-15H,3-12,16H2,1-2H3. The van der Waals surface area contributed by atoms with Crippen LogP contribution in [-0.2, 0) is 4.74 Å². The lowest BCUT2D eigenvalue weighted by Gasteiger charge is -2.32. The third-order valence-corrected chi connectivity index (χ3v) is 4.12. The molecule has 0 radical (unpaired) electrons. The molecule has 0 bridgehead atoms. The second-order valence-electron chi connectivity index (χ2n) is 5.66. The fourth-order valence-corrected chi connectivity index (χ4v) is 2.90. The molecule has 1 rings (SSSR count). The highest BCUT2D eigenvalue weighted by Gasteiger charge is 2.25. The highest BCUT2D eigenvalue weighted by molar-refractivity contribution is 4.79. The van der Waals surface area contributed by atoms with Gasteiger partial charge in [-0.1, -0.05) is 46.0 Å². The maximum Gasteiger partial charge on any atom is 0.0620 e. The summed E-state index contributed by atoms with van der Waals surface area (Å²) in [6, 6.07) is 0.272. The molecule has 0 aromatic heterocycles. The first-order valence-corrected chi connectivity index (χ1v) is 7.61. The van der Waals surface area contributed by atoms with Crippen molar-refractivity contribution < 1.29 is 4.74 Å². The molecule has 1 aliphatic carbocycles. The van der Waals surface area contributed by atoms with Crippen molar-refractivity contribution in [3.63, 3.8) is 0 Å². The zero-order chi connectivity index (χ0) is 12.5. The second-order valence-corrected chi connectivity index (χ2v) is 5.66. The first-order valence-electron chi connectivity index (χ1n) is 7.61. The van der Waals surface area contributed by atoms with Gasteiger partial charge in [-0.15, -0.1) is 0 Å². The minimum absolute atomic E-state index is 0.272. The number of ether oxygens (including phenoxy) is 1. The molecule has 1 atom stereocenters. The molecule has 2 nitrogen and oxygen atoms in total. The van der Waals surface area contributed by atoms with Crippen LogP contribution < -0.4 is 5.73 Å². The van der Waals surface area contributed by atoms with Crippen LogP contribution in [0.2, 0.25) is 0 Å². The van der Waals surface area contributed by atoms with Gasteiger partial charge in [0.05, 0.1) is 6.61 Å². The molecule has 17 heavy (non-hydrogen) atoms. The summed E-state index contributed by atoms with van der Waals surface area (Å²) in [6.07, 6.45) is 10.7. The van der Waals surface area contributed by atoms with Crippen molar-refractivity contribution in [1.29, 1.82) is 0 Å². The summed E-state index contributed by atoms with van der Waals surface area (Å²) in [4.78, 5) is 0. The van der Waals surface area contributed by atoms with Crippen LogP contribution in [0, 0.1) is 11.8 Å². The number of unbranched alkanes of at least 4 members (excludes halogenated alkanes) is 1. The molecule has 1 fully saturated rings. The molecule has 0 saturated heterocycles. The highest BCUT2D eigenvalue weighted by Crippen LogP contribution is 2.33. The van der Waals surface area contributed by atoms with Gasteiger partial charge in [0.1, 0.15) is 0 Å². The van der Waals surface area contributed by atoms with Crippen molar-refractivity contribution in [2.45, 2.75) is 71.3 Å². The van der Waals surface area contributed by atoms with E-state index in [1.165, 1.54) is 44.9 Å². The number of nitrogens with two attached hydrogens (primary N) is 1. The van der Waals surface area contributed by atoms with Crippen molar-refractivity contribution in [2.75, 3.05) is 13.2 Å². The summed E-state index contributed by atoms with van der Waals surface area (Å²) in [7, 11) is 0. The van der Waals surface area contributed by atoms with E-state index in [1.807, 2.05) is 0 Å². The Morgan fingerprint density at radius 1 is 1.12 bits per heavy atom. The van der Waals surface area contributed by atoms with Gasteiger partial charge in [0.25, 0.3) is 0 Å². The van der Waals surface area contributed by atoms with Gasteiger partial charge < -0.3 is 10.5 Å². The van der Waals surface area contributed by atoms with Crippen LogP contribution in [0.4, 0.5) is 0 Å². The quantitative estimate of drug-likeness (QED) is 0.657. The molecule has 0 aliphatic heterocycles. The summed E-state index contributed by atoms with van der Waals surface area (Å²) < 4.78 is 5.56. The topological polar surface area (TPSA) is 35.2 Å². The van der Waals surface area contributed by atoms with Crippen LogP contribution in [0.1, 0.15) is 65.2 Å². The van der Waals surface area contributed by atoms with Crippen LogP contribution in [-0.4, -0.2) is 19.3 Å². The van der Waals surface area contributed by atoms with Crippen LogP contribution >= 0.6 is 0 Å². The zero-order valence-corrected chi connectivity index (χ0v) is 11.8. The average molecular weight is 241 g/mol. The lowest BCUT2D eigenvalue weighted by molar-refractivity contribution is 0.0927. The normalized spacial score (nSPS) is 27.0. The fourth-order valence-electron chi connectivity index (χ4n) is 2.90. The maximum atomic E-state index is 6.21. The first-order chi connectivity index (χ1) is 8.27. The van der Waals surface area contributed by atoms with E-state index >= 15 is 0 Å². The van der Waals surface area contributed by atoms with Gasteiger partial charge in [-0.05, 0) is 31.1 Å². The molecule has 0 aromatic rings. The van der Waals surface area contributed by atoms with E-state index in [0.29, 0.717) is 5.92 Å². The molecule has 2 N–H and O–H groups in total. The van der Waals surface area contributed by atoms with Gasteiger partial charge in [0, 0.05) is 12.6 Å². The molecule has 1 unspecified atom stereocenters. The molecule has 2 heteroatoms. The van der Waals surface area contributed by atoms with E-state index in [1.54, 1.807) is 0 Å². The van der Waals surface area contributed by atoms with Crippen LogP contribution in [0.5, 0.6) is 0 Å². The second kappa shape index (κ2) is 8.93. The number of rotatable bonds is 8. The predicted molar refractivity (Wildman–Crippen MR) is 74.1 cm³/mol. The molecule has 0 heterocycles. The molecule has 0 aromatic carbocycles. The molecule has 1 aliphatic rings.